The first-order valence-corrected chi connectivity index (χ1v) is 7.90. The maximum Gasteiger partial charge on any atom is 0.433 e. The van der Waals surface area contributed by atoms with Gasteiger partial charge in [-0.2, -0.15) is 22.0 Å². The number of ether oxygens (including phenoxy) is 1. The summed E-state index contributed by atoms with van der Waals surface area (Å²) in [4.78, 5) is 15.9. The Balaban J connectivity index is 1.78. The zero-order valence-electron chi connectivity index (χ0n) is 14.9. The number of pyridine rings is 1. The molecule has 0 aliphatic carbocycles. The van der Waals surface area contributed by atoms with Gasteiger partial charge in [-0.05, 0) is 27.8 Å². The number of carbonyl (C=O) groups excluding carboxylic acids is 1. The smallest absolute Gasteiger partial charge is 0.367 e. The van der Waals surface area contributed by atoms with Crippen molar-refractivity contribution in [2.45, 2.75) is 25.9 Å². The molecule has 0 radical (unpaired) electrons. The Morgan fingerprint density at radius 2 is 1.97 bits per heavy atom. The first-order chi connectivity index (χ1) is 14.1. The summed E-state index contributed by atoms with van der Waals surface area (Å²) in [5.74, 6) is -1.13. The number of anilines is 1. The number of tetrazole rings is 2. The average molecular weight is 434 g/mol. The van der Waals surface area contributed by atoms with Crippen LogP contribution >= 0.6 is 0 Å². The molecule has 12 nitrogen and oxygen atoms in total. The molecule has 1 N–H and O–H groups in total. The van der Waals surface area contributed by atoms with Crippen molar-refractivity contribution in [3.8, 4) is 0 Å². The number of nitrogens with zero attached hydrogens (tertiary/aromatic N) is 9. The standard InChI is InChI=1S/C13H11F5N10O2/c1-27-12(22-24-26-27)20-10(29)6-2-3-8(13(16,17)18)19-7(6)4-30-5-9-21-25-28(23-9)11(14)15/h2-3,11H,4-5H2,1H3,(H,20,22,26,29). The van der Waals surface area contributed by atoms with Crippen LogP contribution in [0.2, 0.25) is 0 Å². The third-order valence-electron chi connectivity index (χ3n) is 3.47. The molecule has 3 heterocycles. The van der Waals surface area contributed by atoms with Crippen LogP contribution in [0.4, 0.5) is 27.9 Å². The molecule has 0 fully saturated rings. The fourth-order valence-corrected chi connectivity index (χ4v) is 2.12. The number of alkyl halides is 5. The van der Waals surface area contributed by atoms with Gasteiger partial charge in [-0.25, -0.2) is 9.67 Å². The van der Waals surface area contributed by atoms with E-state index in [2.05, 4.69) is 41.2 Å². The highest BCUT2D eigenvalue weighted by molar-refractivity contribution is 6.04. The number of carbonyl (C=O) groups is 1. The molecule has 0 atom stereocenters. The molecule has 1 amide bonds. The average Bonchev–Trinajstić information content (AvgIpc) is 3.30. The predicted octanol–water partition coefficient (Wildman–Crippen LogP) is 0.975. The molecule has 0 aliphatic heterocycles. The maximum atomic E-state index is 13.0. The first-order valence-electron chi connectivity index (χ1n) is 7.90. The van der Waals surface area contributed by atoms with Crippen molar-refractivity contribution < 1.29 is 31.5 Å². The second-order valence-corrected chi connectivity index (χ2v) is 5.57. The number of halogens is 5. The van der Waals surface area contributed by atoms with E-state index in [1.165, 1.54) is 7.05 Å². The van der Waals surface area contributed by atoms with E-state index in [1.54, 1.807) is 0 Å². The van der Waals surface area contributed by atoms with Gasteiger partial charge in [0.25, 0.3) is 5.91 Å². The maximum absolute atomic E-state index is 13.0. The van der Waals surface area contributed by atoms with Crippen LogP contribution in [-0.4, -0.2) is 51.3 Å². The van der Waals surface area contributed by atoms with E-state index in [9.17, 15) is 26.7 Å². The Bertz CT molecular complexity index is 1030. The molecule has 3 aromatic heterocycles. The third kappa shape index (κ3) is 4.85. The number of aryl methyl sites for hydroxylation is 1. The summed E-state index contributed by atoms with van der Waals surface area (Å²) in [5.41, 5.74) is -1.85. The van der Waals surface area contributed by atoms with Crippen molar-refractivity contribution in [1.29, 1.82) is 0 Å². The molecule has 0 saturated heterocycles. The van der Waals surface area contributed by atoms with Gasteiger partial charge in [0, 0.05) is 7.05 Å². The van der Waals surface area contributed by atoms with Gasteiger partial charge < -0.3 is 4.74 Å². The monoisotopic (exact) mass is 434 g/mol. The molecule has 0 aromatic carbocycles. The second kappa shape index (κ2) is 8.39. The summed E-state index contributed by atoms with van der Waals surface area (Å²) in [6, 6.07) is 1.54. The summed E-state index contributed by atoms with van der Waals surface area (Å²) in [6.45, 7) is -4.05. The molecule has 0 bridgehead atoms. The van der Waals surface area contributed by atoms with Crippen LogP contribution in [-0.2, 0) is 31.2 Å². The number of nitrogens with one attached hydrogen (secondary N) is 1. The van der Waals surface area contributed by atoms with Crippen molar-refractivity contribution in [3.63, 3.8) is 0 Å². The topological polar surface area (TPSA) is 138 Å². The Morgan fingerprint density at radius 3 is 2.57 bits per heavy atom. The van der Waals surface area contributed by atoms with Gasteiger partial charge in [0.05, 0.1) is 17.9 Å². The minimum atomic E-state index is -4.77. The number of rotatable bonds is 7. The van der Waals surface area contributed by atoms with Crippen molar-refractivity contribution in [1.82, 2.24) is 45.4 Å². The van der Waals surface area contributed by atoms with Crippen LogP contribution in [0.15, 0.2) is 12.1 Å². The molecule has 0 spiro atoms. The number of hydrogen-bond donors (Lipinski definition) is 1. The summed E-state index contributed by atoms with van der Waals surface area (Å²) in [7, 11) is 1.43. The Morgan fingerprint density at radius 1 is 1.20 bits per heavy atom. The van der Waals surface area contributed by atoms with Gasteiger partial charge in [0.2, 0.25) is 11.8 Å². The van der Waals surface area contributed by atoms with Crippen LogP contribution in [0.25, 0.3) is 0 Å². The summed E-state index contributed by atoms with van der Waals surface area (Å²) < 4.78 is 70.1. The van der Waals surface area contributed by atoms with Gasteiger partial charge in [0.15, 0.2) is 0 Å². The van der Waals surface area contributed by atoms with E-state index in [0.717, 1.165) is 10.7 Å². The van der Waals surface area contributed by atoms with E-state index in [0.29, 0.717) is 6.07 Å². The lowest BCUT2D eigenvalue weighted by molar-refractivity contribution is -0.141. The molecule has 3 rings (SSSR count). The number of amides is 1. The third-order valence-corrected chi connectivity index (χ3v) is 3.47. The van der Waals surface area contributed by atoms with E-state index in [1.807, 2.05) is 0 Å². The molecule has 0 saturated carbocycles. The van der Waals surface area contributed by atoms with Crippen LogP contribution < -0.4 is 5.32 Å². The molecule has 17 heteroatoms. The zero-order chi connectivity index (χ0) is 21.9. The summed E-state index contributed by atoms with van der Waals surface area (Å²) in [5, 5.41) is 22.4. The van der Waals surface area contributed by atoms with Crippen molar-refractivity contribution in [2.75, 3.05) is 5.32 Å². The van der Waals surface area contributed by atoms with E-state index in [4.69, 9.17) is 4.74 Å². The van der Waals surface area contributed by atoms with Crippen LogP contribution in [0.5, 0.6) is 0 Å². The number of aromatic nitrogens is 9. The van der Waals surface area contributed by atoms with E-state index in [-0.39, 0.29) is 27.8 Å². The van der Waals surface area contributed by atoms with Crippen molar-refractivity contribution >= 4 is 11.9 Å². The van der Waals surface area contributed by atoms with Crippen LogP contribution in [0.3, 0.4) is 0 Å². The van der Waals surface area contributed by atoms with Gasteiger partial charge in [-0.15, -0.1) is 10.2 Å². The van der Waals surface area contributed by atoms with Gasteiger partial charge >= 0.3 is 12.7 Å². The lowest BCUT2D eigenvalue weighted by atomic mass is 10.1. The minimum absolute atomic E-state index is 0.0367. The molecule has 3 aromatic rings. The fraction of sp³-hybridized carbons (Fsp3) is 0.385. The van der Waals surface area contributed by atoms with E-state index < -0.39 is 37.5 Å². The Labute approximate surface area is 163 Å². The molecule has 0 unspecified atom stereocenters. The Hall–Kier alpha value is -3.63. The highest BCUT2D eigenvalue weighted by atomic mass is 19.4. The molecular formula is C13H11F5N10O2. The van der Waals surface area contributed by atoms with E-state index >= 15 is 0 Å². The summed E-state index contributed by atoms with van der Waals surface area (Å²) >= 11 is 0. The highest BCUT2D eigenvalue weighted by Gasteiger charge is 2.33. The molecule has 0 aliphatic rings. The van der Waals surface area contributed by atoms with Gasteiger partial charge in [-0.3, -0.25) is 10.1 Å². The number of hydrogen-bond acceptors (Lipinski definition) is 9. The highest BCUT2D eigenvalue weighted by Crippen LogP contribution is 2.28. The predicted molar refractivity (Wildman–Crippen MR) is 83.6 cm³/mol. The lowest BCUT2D eigenvalue weighted by Gasteiger charge is -2.12. The lowest BCUT2D eigenvalue weighted by Crippen LogP contribution is -2.20. The second-order valence-electron chi connectivity index (χ2n) is 5.57. The van der Waals surface area contributed by atoms with Gasteiger partial charge in [-0.1, -0.05) is 9.90 Å². The van der Waals surface area contributed by atoms with Crippen molar-refractivity contribution in [2.24, 2.45) is 7.05 Å². The minimum Gasteiger partial charge on any atom is -0.367 e. The molecular weight excluding hydrogens is 423 g/mol. The molecule has 160 valence electrons. The zero-order valence-corrected chi connectivity index (χ0v) is 14.9. The Kier molecular flexibility index (Phi) is 5.90. The van der Waals surface area contributed by atoms with Crippen LogP contribution in [0.1, 0.15) is 34.1 Å². The SMILES string of the molecule is Cn1nnnc1NC(=O)c1ccc(C(F)(F)F)nc1COCc1nnn(C(F)F)n1. The quantitative estimate of drug-likeness (QED) is 0.539. The largest absolute Gasteiger partial charge is 0.433 e. The summed E-state index contributed by atoms with van der Waals surface area (Å²) in [6.07, 6.45) is -4.77. The first kappa shape index (κ1) is 21.1. The van der Waals surface area contributed by atoms with Crippen molar-refractivity contribution in [3.05, 3.63) is 34.9 Å². The fourth-order valence-electron chi connectivity index (χ4n) is 2.12. The van der Waals surface area contributed by atoms with Gasteiger partial charge in [0.1, 0.15) is 12.3 Å². The normalized spacial score (nSPS) is 11.8. The van der Waals surface area contributed by atoms with Crippen LogP contribution in [0, 0.1) is 0 Å². The molecule has 30 heavy (non-hydrogen) atoms.